The molecule has 0 aliphatic heterocycles. The van der Waals surface area contributed by atoms with E-state index in [0.717, 1.165) is 11.3 Å². The van der Waals surface area contributed by atoms with Gasteiger partial charge in [-0.2, -0.15) is 13.2 Å². The maximum atomic E-state index is 12.9. The fourth-order valence-electron chi connectivity index (χ4n) is 2.18. The van der Waals surface area contributed by atoms with Gasteiger partial charge in [0.15, 0.2) is 0 Å². The molecule has 2 aromatic rings. The van der Waals surface area contributed by atoms with Crippen LogP contribution in [-0.4, -0.2) is 17.6 Å². The van der Waals surface area contributed by atoms with Crippen molar-refractivity contribution in [1.29, 1.82) is 0 Å². The summed E-state index contributed by atoms with van der Waals surface area (Å²) in [4.78, 5) is 12.2. The first kappa shape index (κ1) is 14.5. The van der Waals surface area contributed by atoms with Crippen molar-refractivity contribution in [3.05, 3.63) is 28.1 Å². The standard InChI is InChI=1S/C13H10ClF3N2OS/c14-6-2-1-3-7-8(6)9(18)10(21-7)11(20)19-12(4-5-12)13(15,16)17/h1-3H,4-5,18H2,(H,19,20). The van der Waals surface area contributed by atoms with Gasteiger partial charge in [-0.25, -0.2) is 0 Å². The maximum Gasteiger partial charge on any atom is 0.411 e. The first-order valence-corrected chi connectivity index (χ1v) is 7.30. The summed E-state index contributed by atoms with van der Waals surface area (Å²) in [5.41, 5.74) is 3.89. The molecule has 0 unspecified atom stereocenters. The largest absolute Gasteiger partial charge is 0.411 e. The van der Waals surface area contributed by atoms with Crippen molar-refractivity contribution in [3.8, 4) is 0 Å². The fraction of sp³-hybridized carbons (Fsp3) is 0.308. The van der Waals surface area contributed by atoms with Gasteiger partial charge in [-0.15, -0.1) is 11.3 Å². The van der Waals surface area contributed by atoms with Crippen molar-refractivity contribution in [2.45, 2.75) is 24.6 Å². The van der Waals surface area contributed by atoms with E-state index in [2.05, 4.69) is 5.32 Å². The third-order valence-corrected chi connectivity index (χ3v) is 5.04. The molecule has 1 aliphatic rings. The number of amides is 1. The summed E-state index contributed by atoms with van der Waals surface area (Å²) in [6.07, 6.45) is -4.66. The first-order chi connectivity index (χ1) is 9.75. The van der Waals surface area contributed by atoms with Gasteiger partial charge in [0.2, 0.25) is 0 Å². The van der Waals surface area contributed by atoms with Crippen molar-refractivity contribution >= 4 is 44.6 Å². The molecule has 0 spiro atoms. The van der Waals surface area contributed by atoms with Crippen LogP contribution < -0.4 is 11.1 Å². The van der Waals surface area contributed by atoms with Gasteiger partial charge in [0.05, 0.1) is 10.7 Å². The molecule has 3 nitrogen and oxygen atoms in total. The van der Waals surface area contributed by atoms with Crippen LogP contribution in [0.1, 0.15) is 22.5 Å². The molecule has 1 fully saturated rings. The third-order valence-electron chi connectivity index (χ3n) is 3.55. The number of fused-ring (bicyclic) bond motifs is 1. The number of carbonyl (C=O) groups excluding carboxylic acids is 1. The van der Waals surface area contributed by atoms with E-state index < -0.39 is 17.6 Å². The minimum absolute atomic E-state index is 0.0635. The van der Waals surface area contributed by atoms with Crippen LogP contribution in [0, 0.1) is 0 Å². The molecule has 112 valence electrons. The van der Waals surface area contributed by atoms with Gasteiger partial charge in [-0.05, 0) is 25.0 Å². The number of benzene rings is 1. The van der Waals surface area contributed by atoms with E-state index in [1.807, 2.05) is 0 Å². The number of halogens is 4. The van der Waals surface area contributed by atoms with E-state index in [0.29, 0.717) is 15.1 Å². The minimum atomic E-state index is -4.45. The zero-order valence-corrected chi connectivity index (χ0v) is 12.1. The van der Waals surface area contributed by atoms with Crippen molar-refractivity contribution in [2.75, 3.05) is 5.73 Å². The van der Waals surface area contributed by atoms with Gasteiger partial charge < -0.3 is 11.1 Å². The lowest BCUT2D eigenvalue weighted by Gasteiger charge is -2.20. The number of thiophene rings is 1. The van der Waals surface area contributed by atoms with Crippen LogP contribution >= 0.6 is 22.9 Å². The van der Waals surface area contributed by atoms with Gasteiger partial charge in [-0.3, -0.25) is 4.79 Å². The summed E-state index contributed by atoms with van der Waals surface area (Å²) < 4.78 is 39.3. The summed E-state index contributed by atoms with van der Waals surface area (Å²) in [5.74, 6) is -0.806. The van der Waals surface area contributed by atoms with E-state index >= 15 is 0 Å². The Morgan fingerprint density at radius 2 is 2.05 bits per heavy atom. The highest BCUT2D eigenvalue weighted by atomic mass is 35.5. The Labute approximate surface area is 126 Å². The molecular formula is C13H10ClF3N2OS. The summed E-state index contributed by atoms with van der Waals surface area (Å²) in [5, 5.41) is 2.95. The molecule has 1 aliphatic carbocycles. The van der Waals surface area contributed by atoms with Crippen LogP contribution in [0.15, 0.2) is 18.2 Å². The molecular weight excluding hydrogens is 325 g/mol. The minimum Gasteiger partial charge on any atom is -0.397 e. The predicted octanol–water partition coefficient (Wildman–Crippen LogP) is 3.96. The number of hydrogen-bond donors (Lipinski definition) is 2. The average molecular weight is 335 g/mol. The molecule has 3 rings (SSSR count). The van der Waals surface area contributed by atoms with Crippen LogP contribution in [-0.2, 0) is 0 Å². The lowest BCUT2D eigenvalue weighted by Crippen LogP contribution is -2.47. The average Bonchev–Trinajstić information content (AvgIpc) is 3.08. The smallest absolute Gasteiger partial charge is 0.397 e. The van der Waals surface area contributed by atoms with E-state index in [1.165, 1.54) is 0 Å². The number of nitrogen functional groups attached to an aromatic ring is 1. The number of rotatable bonds is 2. The normalized spacial score (nSPS) is 17.0. The van der Waals surface area contributed by atoms with E-state index in [4.69, 9.17) is 17.3 Å². The third kappa shape index (κ3) is 2.24. The highest BCUT2D eigenvalue weighted by Crippen LogP contribution is 2.49. The number of carbonyl (C=O) groups is 1. The van der Waals surface area contributed by atoms with Gasteiger partial charge in [0.1, 0.15) is 10.4 Å². The molecule has 0 saturated heterocycles. The Kier molecular flexibility index (Phi) is 3.11. The quantitative estimate of drug-likeness (QED) is 0.873. The number of alkyl halides is 3. The van der Waals surface area contributed by atoms with E-state index in [1.54, 1.807) is 18.2 Å². The van der Waals surface area contributed by atoms with Crippen molar-refractivity contribution in [3.63, 3.8) is 0 Å². The number of nitrogens with one attached hydrogen (secondary N) is 1. The monoisotopic (exact) mass is 334 g/mol. The molecule has 0 radical (unpaired) electrons. The summed E-state index contributed by atoms with van der Waals surface area (Å²) in [6, 6.07) is 5.03. The van der Waals surface area contributed by atoms with E-state index in [-0.39, 0.29) is 23.4 Å². The first-order valence-electron chi connectivity index (χ1n) is 6.11. The number of hydrogen-bond acceptors (Lipinski definition) is 3. The molecule has 0 atom stereocenters. The van der Waals surface area contributed by atoms with Crippen LogP contribution in [0.4, 0.5) is 18.9 Å². The Hall–Kier alpha value is -1.47. The zero-order chi connectivity index (χ0) is 15.4. The molecule has 0 bridgehead atoms. The second-order valence-corrected chi connectivity index (χ2v) is 6.45. The molecule has 1 heterocycles. The van der Waals surface area contributed by atoms with Crippen LogP contribution in [0.25, 0.3) is 10.1 Å². The number of anilines is 1. The summed E-state index contributed by atoms with van der Waals surface area (Å²) >= 11 is 7.05. The van der Waals surface area contributed by atoms with Gasteiger partial charge in [0, 0.05) is 10.1 Å². The van der Waals surface area contributed by atoms with Gasteiger partial charge in [0.25, 0.3) is 5.91 Å². The van der Waals surface area contributed by atoms with Crippen LogP contribution in [0.5, 0.6) is 0 Å². The fourth-order valence-corrected chi connectivity index (χ4v) is 3.55. The number of nitrogens with two attached hydrogens (primary N) is 1. The second-order valence-electron chi connectivity index (χ2n) is 4.99. The molecule has 21 heavy (non-hydrogen) atoms. The van der Waals surface area contributed by atoms with Crippen LogP contribution in [0.2, 0.25) is 5.02 Å². The molecule has 1 amide bonds. The Morgan fingerprint density at radius 3 is 2.57 bits per heavy atom. The molecule has 3 N–H and O–H groups in total. The van der Waals surface area contributed by atoms with Crippen molar-refractivity contribution in [2.24, 2.45) is 0 Å². The summed E-state index contributed by atoms with van der Waals surface area (Å²) in [7, 11) is 0. The molecule has 8 heteroatoms. The molecule has 1 saturated carbocycles. The van der Waals surface area contributed by atoms with Gasteiger partial charge in [-0.1, -0.05) is 17.7 Å². The SMILES string of the molecule is Nc1c(C(=O)NC2(C(F)(F)F)CC2)sc2cccc(Cl)c12. The predicted molar refractivity (Wildman–Crippen MR) is 76.7 cm³/mol. The topological polar surface area (TPSA) is 55.1 Å². The summed E-state index contributed by atoms with van der Waals surface area (Å²) in [6.45, 7) is 0. The van der Waals surface area contributed by atoms with Gasteiger partial charge >= 0.3 is 6.18 Å². The molecule has 1 aromatic heterocycles. The second kappa shape index (κ2) is 4.51. The highest BCUT2D eigenvalue weighted by molar-refractivity contribution is 7.21. The lowest BCUT2D eigenvalue weighted by atomic mass is 10.2. The lowest BCUT2D eigenvalue weighted by molar-refractivity contribution is -0.163. The van der Waals surface area contributed by atoms with Crippen molar-refractivity contribution < 1.29 is 18.0 Å². The molecule has 1 aromatic carbocycles. The van der Waals surface area contributed by atoms with Crippen LogP contribution in [0.3, 0.4) is 0 Å². The van der Waals surface area contributed by atoms with Crippen molar-refractivity contribution in [1.82, 2.24) is 5.32 Å². The highest BCUT2D eigenvalue weighted by Gasteiger charge is 2.64. The van der Waals surface area contributed by atoms with E-state index in [9.17, 15) is 18.0 Å². The zero-order valence-electron chi connectivity index (χ0n) is 10.6. The maximum absolute atomic E-state index is 12.9. The Morgan fingerprint density at radius 1 is 1.38 bits per heavy atom. The Bertz CT molecular complexity index is 737. The Balaban J connectivity index is 1.96.